The number of carbonyl (C=O) groups excluding carboxylic acids is 1. The molecule has 0 bridgehead atoms. The van der Waals surface area contributed by atoms with Crippen molar-refractivity contribution in [2.24, 2.45) is 5.73 Å². The summed E-state index contributed by atoms with van der Waals surface area (Å²) in [4.78, 5) is 11.6. The van der Waals surface area contributed by atoms with Crippen LogP contribution in [0.25, 0.3) is 0 Å². The summed E-state index contributed by atoms with van der Waals surface area (Å²) in [7, 11) is 0. The molecule has 1 heterocycles. The number of para-hydroxylation sites is 1. The van der Waals surface area contributed by atoms with E-state index in [0.29, 0.717) is 11.3 Å². The number of nitrogens with one attached hydrogen (secondary N) is 1. The number of carbonyl (C=O) groups is 1. The largest absolute Gasteiger partial charge is 0.488 e. The maximum atomic E-state index is 11.6. The molecule has 1 unspecified atom stereocenters. The third kappa shape index (κ3) is 2.40. The molecule has 1 aromatic carbocycles. The molecule has 0 aliphatic carbocycles. The van der Waals surface area contributed by atoms with Crippen LogP contribution in [0.1, 0.15) is 16.8 Å². The van der Waals surface area contributed by atoms with Crippen molar-refractivity contribution in [2.45, 2.75) is 12.5 Å². The Labute approximate surface area is 94.8 Å². The van der Waals surface area contributed by atoms with Crippen molar-refractivity contribution in [1.82, 2.24) is 5.32 Å². The first-order valence-electron chi connectivity index (χ1n) is 5.51. The van der Waals surface area contributed by atoms with Gasteiger partial charge in [0.2, 0.25) is 0 Å². The van der Waals surface area contributed by atoms with Crippen molar-refractivity contribution >= 4 is 5.78 Å². The predicted octanol–water partition coefficient (Wildman–Crippen LogP) is 0.569. The monoisotopic (exact) mass is 220 g/mol. The van der Waals surface area contributed by atoms with Gasteiger partial charge in [-0.1, -0.05) is 12.1 Å². The molecule has 1 saturated heterocycles. The number of ether oxygens (including phenoxy) is 1. The van der Waals surface area contributed by atoms with Gasteiger partial charge in [0.1, 0.15) is 11.9 Å². The first-order chi connectivity index (χ1) is 7.81. The van der Waals surface area contributed by atoms with Crippen molar-refractivity contribution in [1.29, 1.82) is 0 Å². The average molecular weight is 220 g/mol. The summed E-state index contributed by atoms with van der Waals surface area (Å²) < 4.78 is 5.79. The van der Waals surface area contributed by atoms with Crippen molar-refractivity contribution < 1.29 is 9.53 Å². The lowest BCUT2D eigenvalue weighted by atomic mass is 10.1. The Morgan fingerprint density at radius 3 is 3.00 bits per heavy atom. The van der Waals surface area contributed by atoms with E-state index in [1.54, 1.807) is 6.07 Å². The van der Waals surface area contributed by atoms with Crippen LogP contribution >= 0.6 is 0 Å². The molecule has 4 nitrogen and oxygen atoms in total. The Morgan fingerprint density at radius 2 is 2.31 bits per heavy atom. The van der Waals surface area contributed by atoms with Crippen LogP contribution in [0.4, 0.5) is 0 Å². The number of hydrogen-bond donors (Lipinski definition) is 2. The topological polar surface area (TPSA) is 64.4 Å². The summed E-state index contributed by atoms with van der Waals surface area (Å²) in [5.41, 5.74) is 5.94. The molecule has 1 aliphatic rings. The summed E-state index contributed by atoms with van der Waals surface area (Å²) in [5.74, 6) is 0.563. The highest BCUT2D eigenvalue weighted by Gasteiger charge is 2.18. The fraction of sp³-hybridized carbons (Fsp3) is 0.417. The van der Waals surface area contributed by atoms with Gasteiger partial charge in [-0.2, -0.15) is 0 Å². The minimum Gasteiger partial charge on any atom is -0.488 e. The van der Waals surface area contributed by atoms with Gasteiger partial charge in [0.05, 0.1) is 12.1 Å². The third-order valence-electron chi connectivity index (χ3n) is 2.68. The highest BCUT2D eigenvalue weighted by Crippen LogP contribution is 2.21. The number of hydrogen-bond acceptors (Lipinski definition) is 4. The van der Waals surface area contributed by atoms with Crippen molar-refractivity contribution in [3.8, 4) is 5.75 Å². The lowest BCUT2D eigenvalue weighted by Crippen LogP contribution is -2.22. The molecule has 1 aromatic rings. The Balaban J connectivity index is 2.15. The number of ketones is 1. The second-order valence-corrected chi connectivity index (χ2v) is 3.86. The summed E-state index contributed by atoms with van der Waals surface area (Å²) in [6.45, 7) is 1.83. The van der Waals surface area contributed by atoms with Crippen LogP contribution in [0.3, 0.4) is 0 Å². The molecule has 0 saturated carbocycles. The van der Waals surface area contributed by atoms with Crippen LogP contribution in [0.15, 0.2) is 24.3 Å². The Kier molecular flexibility index (Phi) is 3.54. The Hall–Kier alpha value is -1.39. The smallest absolute Gasteiger partial charge is 0.180 e. The highest BCUT2D eigenvalue weighted by molar-refractivity contribution is 5.99. The van der Waals surface area contributed by atoms with E-state index in [1.807, 2.05) is 18.2 Å². The number of rotatable bonds is 4. The second kappa shape index (κ2) is 5.09. The fourth-order valence-corrected chi connectivity index (χ4v) is 1.82. The van der Waals surface area contributed by atoms with E-state index in [-0.39, 0.29) is 18.4 Å². The van der Waals surface area contributed by atoms with Crippen LogP contribution in [0.5, 0.6) is 5.75 Å². The van der Waals surface area contributed by atoms with E-state index in [9.17, 15) is 4.79 Å². The Morgan fingerprint density at radius 1 is 1.50 bits per heavy atom. The molecule has 1 fully saturated rings. The molecule has 0 aromatic heterocycles. The molecular weight excluding hydrogens is 204 g/mol. The van der Waals surface area contributed by atoms with Crippen molar-refractivity contribution in [3.63, 3.8) is 0 Å². The van der Waals surface area contributed by atoms with E-state index in [0.717, 1.165) is 19.5 Å². The van der Waals surface area contributed by atoms with Crippen LogP contribution in [-0.4, -0.2) is 31.5 Å². The lowest BCUT2D eigenvalue weighted by Gasteiger charge is -2.15. The van der Waals surface area contributed by atoms with Crippen molar-refractivity contribution in [2.75, 3.05) is 19.6 Å². The second-order valence-electron chi connectivity index (χ2n) is 3.86. The zero-order valence-electron chi connectivity index (χ0n) is 9.11. The van der Waals surface area contributed by atoms with Crippen LogP contribution < -0.4 is 15.8 Å². The van der Waals surface area contributed by atoms with Gasteiger partial charge in [-0.25, -0.2) is 0 Å². The zero-order valence-corrected chi connectivity index (χ0v) is 9.11. The SMILES string of the molecule is NCC(=O)c1ccccc1OC1CCNC1. The van der Waals surface area contributed by atoms with E-state index in [2.05, 4.69) is 5.32 Å². The van der Waals surface area contributed by atoms with Crippen LogP contribution in [0.2, 0.25) is 0 Å². The molecular formula is C12H16N2O2. The lowest BCUT2D eigenvalue weighted by molar-refractivity contribution is 0.0995. The van der Waals surface area contributed by atoms with Gasteiger partial charge in [0.25, 0.3) is 0 Å². The highest BCUT2D eigenvalue weighted by atomic mass is 16.5. The van der Waals surface area contributed by atoms with Crippen molar-refractivity contribution in [3.05, 3.63) is 29.8 Å². The van der Waals surface area contributed by atoms with Gasteiger partial charge < -0.3 is 15.8 Å². The van der Waals surface area contributed by atoms with Gasteiger partial charge >= 0.3 is 0 Å². The molecule has 1 atom stereocenters. The minimum atomic E-state index is -0.0819. The molecule has 2 rings (SSSR count). The first-order valence-corrected chi connectivity index (χ1v) is 5.51. The molecule has 3 N–H and O–H groups in total. The molecule has 1 aliphatic heterocycles. The fourth-order valence-electron chi connectivity index (χ4n) is 1.82. The van der Waals surface area contributed by atoms with Gasteiger partial charge in [0.15, 0.2) is 5.78 Å². The molecule has 0 amide bonds. The van der Waals surface area contributed by atoms with E-state index in [4.69, 9.17) is 10.5 Å². The van der Waals surface area contributed by atoms with Gasteiger partial charge in [-0.3, -0.25) is 4.79 Å². The minimum absolute atomic E-state index is 0.0172. The molecule has 0 spiro atoms. The first kappa shape index (κ1) is 11.1. The number of Topliss-reactive ketones (excluding diaryl/α,β-unsaturated/α-hetero) is 1. The zero-order chi connectivity index (χ0) is 11.4. The van der Waals surface area contributed by atoms with E-state index in [1.165, 1.54) is 0 Å². The summed E-state index contributed by atoms with van der Waals surface area (Å²) >= 11 is 0. The van der Waals surface area contributed by atoms with Gasteiger partial charge in [0, 0.05) is 6.54 Å². The molecule has 4 heteroatoms. The maximum Gasteiger partial charge on any atom is 0.180 e. The standard InChI is InChI=1S/C12H16N2O2/c13-7-11(15)10-3-1-2-4-12(10)16-9-5-6-14-8-9/h1-4,9,14H,5-8,13H2. The predicted molar refractivity (Wildman–Crippen MR) is 61.7 cm³/mol. The van der Waals surface area contributed by atoms with Gasteiger partial charge in [-0.15, -0.1) is 0 Å². The number of nitrogens with two attached hydrogens (primary N) is 1. The maximum absolute atomic E-state index is 11.6. The van der Waals surface area contributed by atoms with E-state index >= 15 is 0 Å². The normalized spacial score (nSPS) is 19.7. The Bertz CT molecular complexity index is 373. The molecule has 0 radical (unpaired) electrons. The van der Waals surface area contributed by atoms with Crippen LogP contribution in [0, 0.1) is 0 Å². The van der Waals surface area contributed by atoms with E-state index < -0.39 is 0 Å². The quantitative estimate of drug-likeness (QED) is 0.728. The average Bonchev–Trinajstić information content (AvgIpc) is 2.82. The van der Waals surface area contributed by atoms with Crippen LogP contribution in [-0.2, 0) is 0 Å². The number of benzene rings is 1. The van der Waals surface area contributed by atoms with Gasteiger partial charge in [-0.05, 0) is 25.1 Å². The molecule has 16 heavy (non-hydrogen) atoms. The summed E-state index contributed by atoms with van der Waals surface area (Å²) in [5, 5.41) is 3.22. The summed E-state index contributed by atoms with van der Waals surface area (Å²) in [6, 6.07) is 7.27. The third-order valence-corrected chi connectivity index (χ3v) is 2.68. The summed E-state index contributed by atoms with van der Waals surface area (Å²) in [6.07, 6.45) is 1.14. The molecule has 86 valence electrons.